The van der Waals surface area contributed by atoms with Gasteiger partial charge in [0.2, 0.25) is 0 Å². The standard InChI is InChI=1S/C14H15ClO2/c15-10-3-5-11-9(8-10)2-4-12(13(16)17)14(11)6-1-7-14/h3,5,8,12H,1-2,4,6-7H2,(H,16,17). The maximum absolute atomic E-state index is 11.4. The SMILES string of the molecule is O=C(O)C1CCc2cc(Cl)ccc2C12CCC2. The molecule has 0 amide bonds. The highest BCUT2D eigenvalue weighted by Crippen LogP contribution is 2.54. The van der Waals surface area contributed by atoms with Crippen LogP contribution in [0.2, 0.25) is 5.02 Å². The summed E-state index contributed by atoms with van der Waals surface area (Å²) in [6.07, 6.45) is 4.76. The van der Waals surface area contributed by atoms with Gasteiger partial charge in [0.25, 0.3) is 0 Å². The van der Waals surface area contributed by atoms with Crippen LogP contribution in [0.3, 0.4) is 0 Å². The van der Waals surface area contributed by atoms with E-state index in [4.69, 9.17) is 11.6 Å². The zero-order valence-electron chi connectivity index (χ0n) is 9.58. The van der Waals surface area contributed by atoms with Crippen molar-refractivity contribution in [3.63, 3.8) is 0 Å². The summed E-state index contributed by atoms with van der Waals surface area (Å²) in [5.74, 6) is -0.838. The van der Waals surface area contributed by atoms with Crippen molar-refractivity contribution in [1.29, 1.82) is 0 Å². The minimum atomic E-state index is -0.634. The van der Waals surface area contributed by atoms with Gasteiger partial charge < -0.3 is 5.11 Å². The fourth-order valence-corrected chi connectivity index (χ4v) is 3.75. The molecule has 2 nitrogen and oxygen atoms in total. The Balaban J connectivity index is 2.10. The van der Waals surface area contributed by atoms with Gasteiger partial charge in [-0.25, -0.2) is 0 Å². The van der Waals surface area contributed by atoms with Crippen molar-refractivity contribution in [2.75, 3.05) is 0 Å². The Morgan fingerprint density at radius 2 is 2.18 bits per heavy atom. The van der Waals surface area contributed by atoms with E-state index in [1.807, 2.05) is 18.2 Å². The van der Waals surface area contributed by atoms with Gasteiger partial charge in [-0.2, -0.15) is 0 Å². The molecule has 2 aliphatic carbocycles. The minimum Gasteiger partial charge on any atom is -0.481 e. The smallest absolute Gasteiger partial charge is 0.307 e. The lowest BCUT2D eigenvalue weighted by Gasteiger charge is -2.50. The van der Waals surface area contributed by atoms with E-state index in [1.54, 1.807) is 0 Å². The third kappa shape index (κ3) is 1.50. The molecule has 1 saturated carbocycles. The molecule has 1 unspecified atom stereocenters. The van der Waals surface area contributed by atoms with E-state index in [0.29, 0.717) is 0 Å². The Kier molecular flexibility index (Phi) is 2.44. The van der Waals surface area contributed by atoms with E-state index in [9.17, 15) is 9.90 Å². The van der Waals surface area contributed by atoms with Crippen LogP contribution >= 0.6 is 11.6 Å². The largest absolute Gasteiger partial charge is 0.481 e. The molecule has 0 aliphatic heterocycles. The van der Waals surface area contributed by atoms with Crippen LogP contribution < -0.4 is 0 Å². The first-order valence-electron chi connectivity index (χ1n) is 6.15. The maximum Gasteiger partial charge on any atom is 0.307 e. The van der Waals surface area contributed by atoms with Crippen LogP contribution in [0.5, 0.6) is 0 Å². The molecule has 0 heterocycles. The summed E-state index contributed by atoms with van der Waals surface area (Å²) < 4.78 is 0. The van der Waals surface area contributed by atoms with E-state index in [0.717, 1.165) is 37.1 Å². The molecule has 1 aromatic carbocycles. The molecule has 1 fully saturated rings. The molecule has 1 N–H and O–H groups in total. The summed E-state index contributed by atoms with van der Waals surface area (Å²) in [6, 6.07) is 5.95. The number of rotatable bonds is 1. The fourth-order valence-electron chi connectivity index (χ4n) is 3.55. The number of carboxylic acids is 1. The first kappa shape index (κ1) is 11.1. The van der Waals surface area contributed by atoms with Crippen molar-refractivity contribution in [2.24, 2.45) is 5.92 Å². The van der Waals surface area contributed by atoms with Gasteiger partial charge in [0.15, 0.2) is 0 Å². The molecule has 1 spiro atoms. The van der Waals surface area contributed by atoms with Crippen LogP contribution in [-0.4, -0.2) is 11.1 Å². The summed E-state index contributed by atoms with van der Waals surface area (Å²) >= 11 is 6.01. The molecule has 3 heteroatoms. The molecule has 0 aromatic heterocycles. The van der Waals surface area contributed by atoms with E-state index in [1.165, 1.54) is 11.1 Å². The van der Waals surface area contributed by atoms with Gasteiger partial charge in [0, 0.05) is 10.4 Å². The molecule has 3 rings (SSSR count). The lowest BCUT2D eigenvalue weighted by Crippen LogP contribution is -2.48. The van der Waals surface area contributed by atoms with Gasteiger partial charge in [0.05, 0.1) is 5.92 Å². The average Bonchev–Trinajstić information content (AvgIpc) is 2.24. The third-order valence-electron chi connectivity index (χ3n) is 4.52. The second-order valence-electron chi connectivity index (χ2n) is 5.24. The van der Waals surface area contributed by atoms with Crippen LogP contribution in [0, 0.1) is 5.92 Å². The monoisotopic (exact) mass is 250 g/mol. The van der Waals surface area contributed by atoms with E-state index in [2.05, 4.69) is 0 Å². The molecule has 0 saturated heterocycles. The number of carbonyl (C=O) groups is 1. The number of benzene rings is 1. The predicted octanol–water partition coefficient (Wildman–Crippen LogP) is 3.41. The fraction of sp³-hybridized carbons (Fsp3) is 0.500. The highest BCUT2D eigenvalue weighted by atomic mass is 35.5. The van der Waals surface area contributed by atoms with Crippen molar-refractivity contribution in [3.8, 4) is 0 Å². The highest BCUT2D eigenvalue weighted by Gasteiger charge is 2.51. The van der Waals surface area contributed by atoms with Crippen LogP contribution in [0.15, 0.2) is 18.2 Å². The number of aryl methyl sites for hydroxylation is 1. The van der Waals surface area contributed by atoms with Gasteiger partial charge in [-0.05, 0) is 48.9 Å². The third-order valence-corrected chi connectivity index (χ3v) is 4.75. The van der Waals surface area contributed by atoms with Crippen LogP contribution in [0.4, 0.5) is 0 Å². The summed E-state index contributed by atoms with van der Waals surface area (Å²) in [5, 5.41) is 10.1. The van der Waals surface area contributed by atoms with E-state index in [-0.39, 0.29) is 11.3 Å². The normalized spacial score (nSPS) is 25.1. The first-order chi connectivity index (χ1) is 8.13. The van der Waals surface area contributed by atoms with Gasteiger partial charge in [0.1, 0.15) is 0 Å². The Labute approximate surface area is 106 Å². The van der Waals surface area contributed by atoms with Gasteiger partial charge >= 0.3 is 5.97 Å². The molecule has 1 atom stereocenters. The maximum atomic E-state index is 11.4. The van der Waals surface area contributed by atoms with Crippen molar-refractivity contribution in [2.45, 2.75) is 37.5 Å². The first-order valence-corrected chi connectivity index (χ1v) is 6.53. The summed E-state index contributed by atoms with van der Waals surface area (Å²) in [6.45, 7) is 0. The lowest BCUT2D eigenvalue weighted by atomic mass is 9.53. The number of hydrogen-bond donors (Lipinski definition) is 1. The quantitative estimate of drug-likeness (QED) is 0.829. The van der Waals surface area contributed by atoms with Crippen LogP contribution in [0.1, 0.15) is 36.8 Å². The minimum absolute atomic E-state index is 0.0932. The molecular weight excluding hydrogens is 236 g/mol. The van der Waals surface area contributed by atoms with Gasteiger partial charge in [-0.3, -0.25) is 4.79 Å². The number of hydrogen-bond acceptors (Lipinski definition) is 1. The molecule has 2 aliphatic rings. The second-order valence-corrected chi connectivity index (χ2v) is 5.68. The lowest BCUT2D eigenvalue weighted by molar-refractivity contribution is -0.147. The zero-order chi connectivity index (χ0) is 12.0. The van der Waals surface area contributed by atoms with Crippen molar-refractivity contribution in [1.82, 2.24) is 0 Å². The van der Waals surface area contributed by atoms with Gasteiger partial charge in [-0.15, -0.1) is 0 Å². The highest BCUT2D eigenvalue weighted by molar-refractivity contribution is 6.30. The van der Waals surface area contributed by atoms with Crippen molar-refractivity contribution >= 4 is 17.6 Å². The second kappa shape index (κ2) is 3.74. The topological polar surface area (TPSA) is 37.3 Å². The Morgan fingerprint density at radius 3 is 2.76 bits per heavy atom. The Hall–Kier alpha value is -1.02. The number of carboxylic acid groups (broad SMARTS) is 1. The summed E-state index contributed by atoms with van der Waals surface area (Å²) in [5.41, 5.74) is 2.41. The van der Waals surface area contributed by atoms with E-state index >= 15 is 0 Å². The van der Waals surface area contributed by atoms with Gasteiger partial charge in [-0.1, -0.05) is 24.1 Å². The predicted molar refractivity (Wildman–Crippen MR) is 66.4 cm³/mol. The molecule has 90 valence electrons. The molecule has 0 bridgehead atoms. The molecular formula is C14H15ClO2. The van der Waals surface area contributed by atoms with Crippen molar-refractivity contribution < 1.29 is 9.90 Å². The van der Waals surface area contributed by atoms with E-state index < -0.39 is 5.97 Å². The van der Waals surface area contributed by atoms with Crippen molar-refractivity contribution in [3.05, 3.63) is 34.3 Å². The average molecular weight is 251 g/mol. The van der Waals surface area contributed by atoms with Crippen LogP contribution in [0.25, 0.3) is 0 Å². The number of fused-ring (bicyclic) bond motifs is 2. The number of aliphatic carboxylic acids is 1. The molecule has 0 radical (unpaired) electrons. The number of halogens is 1. The Morgan fingerprint density at radius 1 is 1.41 bits per heavy atom. The van der Waals surface area contributed by atoms with Crippen LogP contribution in [-0.2, 0) is 16.6 Å². The Bertz CT molecular complexity index is 477. The summed E-state index contributed by atoms with van der Waals surface area (Å²) in [7, 11) is 0. The zero-order valence-corrected chi connectivity index (χ0v) is 10.3. The molecule has 17 heavy (non-hydrogen) atoms. The summed E-state index contributed by atoms with van der Waals surface area (Å²) in [4.78, 5) is 11.4. The molecule has 1 aromatic rings.